The van der Waals surface area contributed by atoms with Gasteiger partial charge in [0.1, 0.15) is 0 Å². The standard InChI is InChI=1S/C15H17NO4/c1-10(17)16-6-4-11(5-7-16)15(18)12-2-3-13-14(8-12)20-9-19-13/h2-3,8,11H,4-7,9H2,1H3. The summed E-state index contributed by atoms with van der Waals surface area (Å²) in [5, 5.41) is 0. The van der Waals surface area contributed by atoms with Crippen LogP contribution in [0.5, 0.6) is 11.5 Å². The molecule has 1 aromatic carbocycles. The Hall–Kier alpha value is -2.04. The first kappa shape index (κ1) is 13.0. The number of piperidine rings is 1. The lowest BCUT2D eigenvalue weighted by molar-refractivity contribution is -0.130. The van der Waals surface area contributed by atoms with Gasteiger partial charge in [0.15, 0.2) is 17.3 Å². The number of rotatable bonds is 2. The summed E-state index contributed by atoms with van der Waals surface area (Å²) in [6, 6.07) is 5.31. The summed E-state index contributed by atoms with van der Waals surface area (Å²) in [5.74, 6) is 1.53. The van der Waals surface area contributed by atoms with Crippen molar-refractivity contribution in [3.63, 3.8) is 0 Å². The van der Waals surface area contributed by atoms with Gasteiger partial charge in [0.2, 0.25) is 12.7 Å². The van der Waals surface area contributed by atoms with Crippen molar-refractivity contribution in [3.8, 4) is 11.5 Å². The summed E-state index contributed by atoms with van der Waals surface area (Å²) < 4.78 is 10.5. The van der Waals surface area contributed by atoms with Crippen LogP contribution in [0.25, 0.3) is 0 Å². The minimum Gasteiger partial charge on any atom is -0.454 e. The molecule has 1 fully saturated rings. The van der Waals surface area contributed by atoms with E-state index in [9.17, 15) is 9.59 Å². The first-order chi connectivity index (χ1) is 9.65. The van der Waals surface area contributed by atoms with E-state index >= 15 is 0 Å². The number of hydrogen-bond donors (Lipinski definition) is 0. The van der Waals surface area contributed by atoms with Gasteiger partial charge >= 0.3 is 0 Å². The highest BCUT2D eigenvalue weighted by Crippen LogP contribution is 2.34. The fraction of sp³-hybridized carbons (Fsp3) is 0.467. The highest BCUT2D eigenvalue weighted by molar-refractivity contribution is 5.98. The van der Waals surface area contributed by atoms with Gasteiger partial charge in [-0.3, -0.25) is 9.59 Å². The highest BCUT2D eigenvalue weighted by Gasteiger charge is 2.27. The van der Waals surface area contributed by atoms with Crippen LogP contribution in [0.3, 0.4) is 0 Å². The quantitative estimate of drug-likeness (QED) is 0.773. The predicted octanol–water partition coefficient (Wildman–Crippen LogP) is 1.86. The lowest BCUT2D eigenvalue weighted by Crippen LogP contribution is -2.39. The van der Waals surface area contributed by atoms with Crippen LogP contribution in [-0.2, 0) is 4.79 Å². The van der Waals surface area contributed by atoms with Crippen molar-refractivity contribution in [3.05, 3.63) is 23.8 Å². The Bertz CT molecular complexity index is 547. The zero-order valence-corrected chi connectivity index (χ0v) is 11.4. The Balaban J connectivity index is 1.69. The van der Waals surface area contributed by atoms with Crippen LogP contribution in [0.15, 0.2) is 18.2 Å². The maximum atomic E-state index is 12.5. The molecule has 0 N–H and O–H groups in total. The summed E-state index contributed by atoms with van der Waals surface area (Å²) in [6.45, 7) is 3.11. The zero-order chi connectivity index (χ0) is 14.1. The first-order valence-electron chi connectivity index (χ1n) is 6.84. The van der Waals surface area contributed by atoms with Gasteiger partial charge < -0.3 is 14.4 Å². The molecule has 5 heteroatoms. The third kappa shape index (κ3) is 2.35. The number of benzene rings is 1. The van der Waals surface area contributed by atoms with Crippen LogP contribution >= 0.6 is 0 Å². The second-order valence-corrected chi connectivity index (χ2v) is 5.21. The van der Waals surface area contributed by atoms with Crippen molar-refractivity contribution < 1.29 is 19.1 Å². The lowest BCUT2D eigenvalue weighted by Gasteiger charge is -2.30. The molecule has 0 bridgehead atoms. The van der Waals surface area contributed by atoms with Crippen LogP contribution in [0, 0.1) is 5.92 Å². The molecule has 0 aromatic heterocycles. The molecular weight excluding hydrogens is 258 g/mol. The molecule has 1 saturated heterocycles. The minimum absolute atomic E-state index is 0.00836. The van der Waals surface area contributed by atoms with Crippen LogP contribution in [0.2, 0.25) is 0 Å². The number of hydrogen-bond acceptors (Lipinski definition) is 4. The average molecular weight is 275 g/mol. The van der Waals surface area contributed by atoms with Crippen LogP contribution in [0.1, 0.15) is 30.1 Å². The van der Waals surface area contributed by atoms with E-state index in [2.05, 4.69) is 0 Å². The Kier molecular flexibility index (Phi) is 3.34. The molecule has 3 rings (SSSR count). The fourth-order valence-corrected chi connectivity index (χ4v) is 2.74. The maximum absolute atomic E-state index is 12.5. The molecular formula is C15H17NO4. The molecule has 2 aliphatic rings. The van der Waals surface area contributed by atoms with Crippen LogP contribution in [-0.4, -0.2) is 36.5 Å². The van der Waals surface area contributed by atoms with Crippen LogP contribution < -0.4 is 9.47 Å². The van der Waals surface area contributed by atoms with Crippen molar-refractivity contribution in [2.75, 3.05) is 19.9 Å². The van der Waals surface area contributed by atoms with Gasteiger partial charge in [-0.2, -0.15) is 0 Å². The summed E-state index contributed by atoms with van der Waals surface area (Å²) >= 11 is 0. The highest BCUT2D eigenvalue weighted by atomic mass is 16.7. The van der Waals surface area contributed by atoms with E-state index in [0.717, 1.165) is 12.8 Å². The summed E-state index contributed by atoms with van der Waals surface area (Å²) in [4.78, 5) is 25.6. The van der Waals surface area contributed by atoms with E-state index < -0.39 is 0 Å². The number of Topliss-reactive ketones (excluding diaryl/α,β-unsaturated/α-hetero) is 1. The van der Waals surface area contributed by atoms with E-state index in [1.165, 1.54) is 0 Å². The number of carbonyl (C=O) groups is 2. The minimum atomic E-state index is -0.00836. The van der Waals surface area contributed by atoms with Gasteiger partial charge in [0.25, 0.3) is 0 Å². The summed E-state index contributed by atoms with van der Waals surface area (Å²) in [6.07, 6.45) is 1.46. The molecule has 0 atom stereocenters. The third-order valence-electron chi connectivity index (χ3n) is 3.97. The molecule has 0 saturated carbocycles. The van der Waals surface area contributed by atoms with E-state index in [4.69, 9.17) is 9.47 Å². The van der Waals surface area contributed by atoms with Gasteiger partial charge in [0, 0.05) is 31.5 Å². The first-order valence-corrected chi connectivity index (χ1v) is 6.84. The van der Waals surface area contributed by atoms with Crippen LogP contribution in [0.4, 0.5) is 0 Å². The van der Waals surface area contributed by atoms with Crippen molar-refractivity contribution in [2.24, 2.45) is 5.92 Å². The summed E-state index contributed by atoms with van der Waals surface area (Å²) in [5.41, 5.74) is 0.663. The number of ether oxygens (including phenoxy) is 2. The van der Waals surface area contributed by atoms with Gasteiger partial charge in [-0.1, -0.05) is 0 Å². The van der Waals surface area contributed by atoms with Crippen molar-refractivity contribution in [1.82, 2.24) is 4.90 Å². The largest absolute Gasteiger partial charge is 0.454 e. The van der Waals surface area contributed by atoms with Crippen molar-refractivity contribution in [1.29, 1.82) is 0 Å². The number of fused-ring (bicyclic) bond motifs is 1. The number of ketones is 1. The average Bonchev–Trinajstić information content (AvgIpc) is 2.94. The zero-order valence-electron chi connectivity index (χ0n) is 11.4. The molecule has 1 amide bonds. The van der Waals surface area contributed by atoms with E-state index in [1.807, 2.05) is 0 Å². The molecule has 2 heterocycles. The summed E-state index contributed by atoms with van der Waals surface area (Å²) in [7, 11) is 0. The Morgan fingerprint density at radius 3 is 2.55 bits per heavy atom. The monoisotopic (exact) mass is 275 g/mol. The molecule has 20 heavy (non-hydrogen) atoms. The molecule has 1 aromatic rings. The smallest absolute Gasteiger partial charge is 0.231 e. The van der Waals surface area contributed by atoms with Gasteiger partial charge in [-0.25, -0.2) is 0 Å². The van der Waals surface area contributed by atoms with Gasteiger partial charge in [0.05, 0.1) is 0 Å². The Morgan fingerprint density at radius 1 is 1.15 bits per heavy atom. The molecule has 0 unspecified atom stereocenters. The number of amides is 1. The van der Waals surface area contributed by atoms with Gasteiger partial charge in [-0.05, 0) is 31.0 Å². The van der Waals surface area contributed by atoms with Crippen molar-refractivity contribution >= 4 is 11.7 Å². The van der Waals surface area contributed by atoms with E-state index in [-0.39, 0.29) is 24.4 Å². The van der Waals surface area contributed by atoms with E-state index in [1.54, 1.807) is 30.0 Å². The molecule has 0 radical (unpaired) electrons. The topological polar surface area (TPSA) is 55.8 Å². The predicted molar refractivity (Wildman–Crippen MR) is 71.9 cm³/mol. The maximum Gasteiger partial charge on any atom is 0.231 e. The SMILES string of the molecule is CC(=O)N1CCC(C(=O)c2ccc3c(c2)OCO3)CC1. The van der Waals surface area contributed by atoms with Gasteiger partial charge in [-0.15, -0.1) is 0 Å². The lowest BCUT2D eigenvalue weighted by atomic mass is 9.89. The number of nitrogens with zero attached hydrogens (tertiary/aromatic N) is 1. The Morgan fingerprint density at radius 2 is 1.85 bits per heavy atom. The van der Waals surface area contributed by atoms with Crippen molar-refractivity contribution in [2.45, 2.75) is 19.8 Å². The second-order valence-electron chi connectivity index (χ2n) is 5.21. The molecule has 2 aliphatic heterocycles. The molecule has 106 valence electrons. The number of carbonyl (C=O) groups excluding carboxylic acids is 2. The molecule has 0 spiro atoms. The van der Waals surface area contributed by atoms with E-state index in [0.29, 0.717) is 30.2 Å². The Labute approximate surface area is 117 Å². The fourth-order valence-electron chi connectivity index (χ4n) is 2.74. The normalized spacial score (nSPS) is 18.1. The molecule has 0 aliphatic carbocycles. The number of likely N-dealkylation sites (tertiary alicyclic amines) is 1. The third-order valence-corrected chi connectivity index (χ3v) is 3.97. The molecule has 5 nitrogen and oxygen atoms in total. The second kappa shape index (κ2) is 5.15.